The zero-order valence-electron chi connectivity index (χ0n) is 15.8. The van der Waals surface area contributed by atoms with Gasteiger partial charge < -0.3 is 5.43 Å². The normalized spacial score (nSPS) is 14.8. The van der Waals surface area contributed by atoms with Crippen molar-refractivity contribution < 1.29 is 14.3 Å². The fourth-order valence-electron chi connectivity index (χ4n) is 2.71. The van der Waals surface area contributed by atoms with E-state index in [0.29, 0.717) is 33.0 Å². The molecule has 0 fully saturated rings. The molecule has 142 valence electrons. The molecule has 1 heterocycles. The predicted molar refractivity (Wildman–Crippen MR) is 106 cm³/mol. The van der Waals surface area contributed by atoms with Gasteiger partial charge in [0.1, 0.15) is 0 Å². The number of carbonyl (C=O) groups excluding carboxylic acids is 2. The van der Waals surface area contributed by atoms with Crippen molar-refractivity contribution in [2.75, 3.05) is 12.1 Å². The standard InChI is InChI=1S/C20H19N5O3/c1-13-6-4-9-17(10-13)25-20(27)18(14(2)23-25)12-21-22-19(26)15-7-5-8-16(11-15)24(3)28/h4-12H,1-3H3,(H-,21,22,23,26,27)/p+1. The van der Waals surface area contributed by atoms with E-state index in [1.54, 1.807) is 31.2 Å². The number of benzene rings is 2. The number of nitrogens with zero attached hydrogens (tertiary/aromatic N) is 3. The molecule has 2 amide bonds. The molecule has 0 saturated carbocycles. The van der Waals surface area contributed by atoms with Gasteiger partial charge in [-0.05, 0) is 37.6 Å². The molecule has 2 aromatic carbocycles. The van der Waals surface area contributed by atoms with Crippen LogP contribution < -0.4 is 15.9 Å². The number of hydrogen-bond donors (Lipinski definition) is 2. The summed E-state index contributed by atoms with van der Waals surface area (Å²) in [7, 11) is 1.35. The first kappa shape index (κ1) is 19.0. The molecule has 0 radical (unpaired) electrons. The Bertz CT molecular complexity index is 1030. The largest absolute Gasteiger partial charge is 0.305 e. The molecule has 0 saturated heterocycles. The van der Waals surface area contributed by atoms with E-state index in [1.165, 1.54) is 24.3 Å². The molecule has 0 atom stereocenters. The maximum absolute atomic E-state index is 12.6. The van der Waals surface area contributed by atoms with Gasteiger partial charge in [-0.25, -0.2) is 0 Å². The highest BCUT2D eigenvalue weighted by Gasteiger charge is 2.28. The molecule has 2 aromatic rings. The smallest absolute Gasteiger partial charge is 0.282 e. The number of hydrazine groups is 1. The Morgan fingerprint density at radius 2 is 1.89 bits per heavy atom. The Labute approximate surface area is 162 Å². The van der Waals surface area contributed by atoms with Gasteiger partial charge in [0.15, 0.2) is 7.05 Å². The van der Waals surface area contributed by atoms with Crippen LogP contribution in [-0.2, 0) is 4.79 Å². The van der Waals surface area contributed by atoms with E-state index in [4.69, 9.17) is 0 Å². The fraction of sp³-hybridized carbons (Fsp3) is 0.150. The molecule has 8 heteroatoms. The van der Waals surface area contributed by atoms with Gasteiger partial charge in [-0.2, -0.15) is 10.1 Å². The molecule has 1 aliphatic heterocycles. The van der Waals surface area contributed by atoms with E-state index in [2.05, 4.69) is 16.0 Å². The third kappa shape index (κ3) is 3.96. The predicted octanol–water partition coefficient (Wildman–Crippen LogP) is 2.58. The number of nitrogens with one attached hydrogen (secondary N) is 2. The average Bonchev–Trinajstić information content (AvgIpc) is 2.96. The Morgan fingerprint density at radius 3 is 2.61 bits per heavy atom. The summed E-state index contributed by atoms with van der Waals surface area (Å²) in [6.45, 7) is 3.66. The number of carbonyl (C=O) groups is 2. The van der Waals surface area contributed by atoms with Gasteiger partial charge in [0.2, 0.25) is 0 Å². The van der Waals surface area contributed by atoms with Crippen molar-refractivity contribution in [2.45, 2.75) is 13.8 Å². The average molecular weight is 378 g/mol. The van der Waals surface area contributed by atoms with Gasteiger partial charge in [-0.15, -0.1) is 0 Å². The summed E-state index contributed by atoms with van der Waals surface area (Å²) in [6.07, 6.45) is 1.40. The highest BCUT2D eigenvalue weighted by atomic mass is 16.3. The minimum absolute atomic E-state index is 0.292. The SMILES string of the molecule is CC1=NN(c2cccc(C)c2)C(=O)/C1=C/NNC(=O)c1cccc([N+](C)=O)c1. The van der Waals surface area contributed by atoms with E-state index < -0.39 is 5.91 Å². The lowest BCUT2D eigenvalue weighted by Crippen LogP contribution is -2.34. The zero-order valence-corrected chi connectivity index (χ0v) is 15.8. The lowest BCUT2D eigenvalue weighted by atomic mass is 10.2. The second kappa shape index (κ2) is 7.83. The Morgan fingerprint density at radius 1 is 1.14 bits per heavy atom. The minimum Gasteiger partial charge on any atom is -0.305 e. The summed E-state index contributed by atoms with van der Waals surface area (Å²) in [5.74, 6) is -0.726. The molecular formula is C20H20N5O3+. The molecule has 0 spiro atoms. The maximum atomic E-state index is 12.6. The maximum Gasteiger partial charge on any atom is 0.282 e. The second-order valence-electron chi connectivity index (χ2n) is 6.35. The van der Waals surface area contributed by atoms with Crippen LogP contribution in [0.1, 0.15) is 22.8 Å². The second-order valence-corrected chi connectivity index (χ2v) is 6.35. The van der Waals surface area contributed by atoms with E-state index in [-0.39, 0.29) is 5.91 Å². The molecule has 2 N–H and O–H groups in total. The first-order valence-corrected chi connectivity index (χ1v) is 8.60. The van der Waals surface area contributed by atoms with Crippen molar-refractivity contribution in [1.82, 2.24) is 10.9 Å². The van der Waals surface area contributed by atoms with Crippen molar-refractivity contribution in [3.05, 3.63) is 76.3 Å². The molecule has 0 bridgehead atoms. The summed E-state index contributed by atoms with van der Waals surface area (Å²) in [5, 5.41) is 5.61. The van der Waals surface area contributed by atoms with Crippen LogP contribution in [0.3, 0.4) is 0 Å². The first-order valence-electron chi connectivity index (χ1n) is 8.60. The summed E-state index contributed by atoms with van der Waals surface area (Å²) in [4.78, 5) is 36.2. The minimum atomic E-state index is -0.434. The van der Waals surface area contributed by atoms with E-state index >= 15 is 0 Å². The molecule has 0 aliphatic carbocycles. The highest BCUT2D eigenvalue weighted by Crippen LogP contribution is 2.23. The zero-order chi connectivity index (χ0) is 20.3. The van der Waals surface area contributed by atoms with Crippen molar-refractivity contribution in [1.29, 1.82) is 0 Å². The van der Waals surface area contributed by atoms with Gasteiger partial charge in [0.25, 0.3) is 17.5 Å². The number of amides is 2. The van der Waals surface area contributed by atoms with Gasteiger partial charge in [-0.3, -0.25) is 15.0 Å². The summed E-state index contributed by atoms with van der Waals surface area (Å²) < 4.78 is 0.670. The van der Waals surface area contributed by atoms with Gasteiger partial charge in [0, 0.05) is 33.6 Å². The summed E-state index contributed by atoms with van der Waals surface area (Å²) in [6, 6.07) is 13.8. The van der Waals surface area contributed by atoms with Gasteiger partial charge >= 0.3 is 0 Å². The summed E-state index contributed by atoms with van der Waals surface area (Å²) >= 11 is 0. The van der Waals surface area contributed by atoms with Gasteiger partial charge in [-0.1, -0.05) is 18.2 Å². The topological polar surface area (TPSA) is 93.9 Å². The third-order valence-electron chi connectivity index (χ3n) is 4.18. The number of aryl methyl sites for hydroxylation is 1. The van der Waals surface area contributed by atoms with E-state index in [9.17, 15) is 14.5 Å². The molecule has 8 nitrogen and oxygen atoms in total. The van der Waals surface area contributed by atoms with Gasteiger partial charge in [0.05, 0.1) is 17.0 Å². The van der Waals surface area contributed by atoms with Crippen LogP contribution >= 0.6 is 0 Å². The van der Waals surface area contributed by atoms with Crippen LogP contribution in [-0.4, -0.2) is 29.3 Å². The van der Waals surface area contributed by atoms with Crippen LogP contribution in [0.5, 0.6) is 0 Å². The number of rotatable bonds is 5. The van der Waals surface area contributed by atoms with Crippen molar-refractivity contribution >= 4 is 28.9 Å². The van der Waals surface area contributed by atoms with E-state index in [1.807, 2.05) is 25.1 Å². The Kier molecular flexibility index (Phi) is 5.30. The van der Waals surface area contributed by atoms with Crippen LogP contribution in [0.15, 0.2) is 65.4 Å². The molecule has 3 rings (SSSR count). The summed E-state index contributed by atoms with van der Waals surface area (Å²) in [5.41, 5.74) is 8.38. The van der Waals surface area contributed by atoms with Crippen molar-refractivity contribution in [3.8, 4) is 0 Å². The van der Waals surface area contributed by atoms with Crippen LogP contribution in [0, 0.1) is 11.8 Å². The lowest BCUT2D eigenvalue weighted by Gasteiger charge is -2.12. The quantitative estimate of drug-likeness (QED) is 0.475. The van der Waals surface area contributed by atoms with Crippen molar-refractivity contribution in [2.24, 2.45) is 5.10 Å². The molecule has 1 aliphatic rings. The number of anilines is 1. The Balaban J connectivity index is 1.68. The van der Waals surface area contributed by atoms with Crippen LogP contribution in [0.4, 0.5) is 11.4 Å². The Hall–Kier alpha value is -3.81. The fourth-order valence-corrected chi connectivity index (χ4v) is 2.71. The third-order valence-corrected chi connectivity index (χ3v) is 4.18. The van der Waals surface area contributed by atoms with Crippen LogP contribution in [0.2, 0.25) is 0 Å². The number of hydrogen-bond acceptors (Lipinski definition) is 5. The number of hydrazone groups is 1. The monoisotopic (exact) mass is 378 g/mol. The highest BCUT2D eigenvalue weighted by molar-refractivity contribution is 6.29. The van der Waals surface area contributed by atoms with Crippen LogP contribution in [0.25, 0.3) is 0 Å². The molecular weight excluding hydrogens is 358 g/mol. The molecule has 0 unspecified atom stereocenters. The lowest BCUT2D eigenvalue weighted by molar-refractivity contribution is -0.428. The van der Waals surface area contributed by atoms with E-state index in [0.717, 1.165) is 5.56 Å². The molecule has 0 aromatic heterocycles. The number of nitroso groups, excluding NO2 is 1. The van der Waals surface area contributed by atoms with Crippen molar-refractivity contribution in [3.63, 3.8) is 0 Å². The molecule has 28 heavy (non-hydrogen) atoms. The first-order chi connectivity index (χ1) is 13.4.